The number of nitrogens with two attached hydrogens (primary N) is 1. The first-order chi connectivity index (χ1) is 11.4. The van der Waals surface area contributed by atoms with Crippen LogP contribution in [0.2, 0.25) is 0 Å². The third-order valence-electron chi connectivity index (χ3n) is 4.62. The number of carbonyl (C=O) groups is 1. The molecule has 6 nitrogen and oxygen atoms in total. The lowest BCUT2D eigenvalue weighted by atomic mass is 9.97. The van der Waals surface area contributed by atoms with Crippen molar-refractivity contribution in [2.24, 2.45) is 11.7 Å². The Bertz CT molecular complexity index is 686. The zero-order valence-corrected chi connectivity index (χ0v) is 16.5. The van der Waals surface area contributed by atoms with E-state index in [0.717, 1.165) is 17.5 Å². The molecule has 1 aliphatic heterocycles. The number of nitrogens with zero attached hydrogens (tertiary/aromatic N) is 1. The molecule has 0 spiro atoms. The summed E-state index contributed by atoms with van der Waals surface area (Å²) in [7, 11) is -3.49. The number of rotatable bonds is 6. The van der Waals surface area contributed by atoms with Crippen molar-refractivity contribution >= 4 is 28.3 Å². The molecule has 0 unspecified atom stereocenters. The van der Waals surface area contributed by atoms with E-state index < -0.39 is 10.0 Å². The molecule has 0 bridgehead atoms. The maximum Gasteiger partial charge on any atom is 0.243 e. The summed E-state index contributed by atoms with van der Waals surface area (Å²) < 4.78 is 27.0. The molecule has 1 saturated heterocycles. The second kappa shape index (κ2) is 9.52. The first-order valence-electron chi connectivity index (χ1n) is 8.41. The zero-order chi connectivity index (χ0) is 17.7. The zero-order valence-electron chi connectivity index (χ0n) is 14.8. The van der Waals surface area contributed by atoms with Crippen LogP contribution in [0.4, 0.5) is 0 Å². The minimum Gasteiger partial charge on any atom is -0.356 e. The Balaban J connectivity index is 0.00000312. The molecule has 0 atom stereocenters. The van der Waals surface area contributed by atoms with E-state index in [4.69, 9.17) is 5.73 Å². The van der Waals surface area contributed by atoms with E-state index in [9.17, 15) is 13.2 Å². The van der Waals surface area contributed by atoms with Crippen LogP contribution in [0, 0.1) is 19.8 Å². The number of piperidine rings is 1. The van der Waals surface area contributed by atoms with Crippen molar-refractivity contribution < 1.29 is 13.2 Å². The minimum atomic E-state index is -3.49. The molecule has 142 valence electrons. The summed E-state index contributed by atoms with van der Waals surface area (Å²) in [6, 6.07) is 5.21. The molecular formula is C17H28ClN3O3S. The summed E-state index contributed by atoms with van der Waals surface area (Å²) in [5.41, 5.74) is 7.44. The van der Waals surface area contributed by atoms with Gasteiger partial charge < -0.3 is 11.1 Å². The Kier molecular flexibility index (Phi) is 8.34. The first kappa shape index (κ1) is 21.9. The molecule has 0 radical (unpaired) electrons. The van der Waals surface area contributed by atoms with Gasteiger partial charge in [0.2, 0.25) is 15.9 Å². The van der Waals surface area contributed by atoms with Crippen molar-refractivity contribution in [2.45, 2.75) is 38.0 Å². The second-order valence-electron chi connectivity index (χ2n) is 6.36. The maximum atomic E-state index is 12.7. The molecule has 8 heteroatoms. The Morgan fingerprint density at radius 1 is 1.24 bits per heavy atom. The smallest absolute Gasteiger partial charge is 0.243 e. The fourth-order valence-electron chi connectivity index (χ4n) is 2.84. The van der Waals surface area contributed by atoms with Crippen LogP contribution in [0.5, 0.6) is 0 Å². The number of carbonyl (C=O) groups excluding carboxylic acids is 1. The van der Waals surface area contributed by atoms with Gasteiger partial charge in [0, 0.05) is 25.6 Å². The monoisotopic (exact) mass is 389 g/mol. The second-order valence-corrected chi connectivity index (χ2v) is 8.30. The molecule has 0 aliphatic carbocycles. The molecule has 1 aromatic carbocycles. The van der Waals surface area contributed by atoms with Gasteiger partial charge in [-0.1, -0.05) is 6.07 Å². The standard InChI is InChI=1S/C17H27N3O3S.ClH/c1-13-4-5-16(12-14(13)2)24(22,23)20-10-6-15(7-11-20)17(21)19-9-3-8-18;/h4-5,12,15H,3,6-11,18H2,1-2H3,(H,19,21);1H. The summed E-state index contributed by atoms with van der Waals surface area (Å²) >= 11 is 0. The SMILES string of the molecule is Cc1ccc(S(=O)(=O)N2CCC(C(=O)NCCCN)CC2)cc1C.Cl. The lowest BCUT2D eigenvalue weighted by Gasteiger charge is -2.30. The molecule has 1 amide bonds. The highest BCUT2D eigenvalue weighted by atomic mass is 35.5. The average molecular weight is 390 g/mol. The third kappa shape index (κ3) is 5.41. The Hall–Kier alpha value is -1.15. The highest BCUT2D eigenvalue weighted by molar-refractivity contribution is 7.89. The van der Waals surface area contributed by atoms with Crippen molar-refractivity contribution in [3.05, 3.63) is 29.3 Å². The molecule has 0 saturated carbocycles. The summed E-state index contributed by atoms with van der Waals surface area (Å²) in [6.45, 7) is 5.75. The predicted molar refractivity (Wildman–Crippen MR) is 101 cm³/mol. The lowest BCUT2D eigenvalue weighted by Crippen LogP contribution is -2.43. The van der Waals surface area contributed by atoms with E-state index in [1.54, 1.807) is 12.1 Å². The van der Waals surface area contributed by atoms with Gasteiger partial charge in [-0.3, -0.25) is 4.79 Å². The van der Waals surface area contributed by atoms with Gasteiger partial charge in [-0.15, -0.1) is 12.4 Å². The van der Waals surface area contributed by atoms with Gasteiger partial charge in [-0.2, -0.15) is 4.31 Å². The highest BCUT2D eigenvalue weighted by Gasteiger charge is 2.32. The number of aryl methyl sites for hydroxylation is 2. The largest absolute Gasteiger partial charge is 0.356 e. The van der Waals surface area contributed by atoms with Gasteiger partial charge in [0.05, 0.1) is 4.90 Å². The van der Waals surface area contributed by atoms with Crippen LogP contribution in [0.3, 0.4) is 0 Å². The van der Waals surface area contributed by atoms with Crippen LogP contribution in [0.15, 0.2) is 23.1 Å². The maximum absolute atomic E-state index is 12.7. The molecule has 1 aromatic rings. The molecule has 1 fully saturated rings. The van der Waals surface area contributed by atoms with Crippen LogP contribution < -0.4 is 11.1 Å². The summed E-state index contributed by atoms with van der Waals surface area (Å²) in [6.07, 6.45) is 1.86. The Morgan fingerprint density at radius 3 is 2.44 bits per heavy atom. The van der Waals surface area contributed by atoms with Gasteiger partial charge in [0.25, 0.3) is 0 Å². The fourth-order valence-corrected chi connectivity index (χ4v) is 4.40. The Labute approximate surface area is 156 Å². The van der Waals surface area contributed by atoms with Crippen LogP contribution in [0.1, 0.15) is 30.4 Å². The van der Waals surface area contributed by atoms with Crippen molar-refractivity contribution in [1.82, 2.24) is 9.62 Å². The van der Waals surface area contributed by atoms with Crippen molar-refractivity contribution in [2.75, 3.05) is 26.2 Å². The molecule has 0 aromatic heterocycles. The van der Waals surface area contributed by atoms with E-state index >= 15 is 0 Å². The van der Waals surface area contributed by atoms with Crippen LogP contribution in [-0.4, -0.2) is 44.8 Å². The fraction of sp³-hybridized carbons (Fsp3) is 0.588. The summed E-state index contributed by atoms with van der Waals surface area (Å²) in [5.74, 6) is -0.111. The number of amides is 1. The summed E-state index contributed by atoms with van der Waals surface area (Å²) in [5, 5.41) is 2.87. The van der Waals surface area contributed by atoms with Gasteiger partial charge in [-0.25, -0.2) is 8.42 Å². The number of hydrogen-bond donors (Lipinski definition) is 2. The van der Waals surface area contributed by atoms with E-state index in [1.165, 1.54) is 4.31 Å². The minimum absolute atomic E-state index is 0. The van der Waals surface area contributed by atoms with E-state index in [-0.39, 0.29) is 24.2 Å². The third-order valence-corrected chi connectivity index (χ3v) is 6.52. The van der Waals surface area contributed by atoms with E-state index in [2.05, 4.69) is 5.32 Å². The predicted octanol–water partition coefficient (Wildman–Crippen LogP) is 1.59. The van der Waals surface area contributed by atoms with Crippen LogP contribution in [-0.2, 0) is 14.8 Å². The topological polar surface area (TPSA) is 92.5 Å². The molecule has 1 aliphatic rings. The van der Waals surface area contributed by atoms with Crippen LogP contribution >= 0.6 is 12.4 Å². The van der Waals surface area contributed by atoms with Crippen molar-refractivity contribution in [3.8, 4) is 0 Å². The number of benzene rings is 1. The number of halogens is 1. The number of hydrogen-bond acceptors (Lipinski definition) is 4. The molecule has 2 rings (SSSR count). The molecular weight excluding hydrogens is 362 g/mol. The van der Waals surface area contributed by atoms with Crippen molar-refractivity contribution in [3.63, 3.8) is 0 Å². The van der Waals surface area contributed by atoms with Crippen molar-refractivity contribution in [1.29, 1.82) is 0 Å². The number of nitrogens with one attached hydrogen (secondary N) is 1. The lowest BCUT2D eigenvalue weighted by molar-refractivity contribution is -0.126. The normalized spacial score (nSPS) is 16.3. The summed E-state index contributed by atoms with van der Waals surface area (Å²) in [4.78, 5) is 12.4. The van der Waals surface area contributed by atoms with Gasteiger partial charge in [0.15, 0.2) is 0 Å². The van der Waals surface area contributed by atoms with Gasteiger partial charge in [-0.05, 0) is 62.9 Å². The average Bonchev–Trinajstić information content (AvgIpc) is 2.57. The molecule has 3 N–H and O–H groups in total. The van der Waals surface area contributed by atoms with Gasteiger partial charge in [0.1, 0.15) is 0 Å². The first-order valence-corrected chi connectivity index (χ1v) is 9.85. The molecule has 25 heavy (non-hydrogen) atoms. The quantitative estimate of drug-likeness (QED) is 0.722. The van der Waals surface area contributed by atoms with E-state index in [1.807, 2.05) is 19.9 Å². The van der Waals surface area contributed by atoms with Crippen LogP contribution in [0.25, 0.3) is 0 Å². The number of sulfonamides is 1. The Morgan fingerprint density at radius 2 is 1.88 bits per heavy atom. The van der Waals surface area contributed by atoms with Gasteiger partial charge >= 0.3 is 0 Å². The molecule has 1 heterocycles. The highest BCUT2D eigenvalue weighted by Crippen LogP contribution is 2.25. The van der Waals surface area contributed by atoms with E-state index in [0.29, 0.717) is 43.9 Å².